The molecule has 0 amide bonds. The van der Waals surface area contributed by atoms with Gasteiger partial charge < -0.3 is 10.3 Å². The normalized spacial score (nSPS) is 12.3. The van der Waals surface area contributed by atoms with Crippen LogP contribution >= 0.6 is 0 Å². The van der Waals surface area contributed by atoms with Gasteiger partial charge in [0.25, 0.3) is 0 Å². The largest absolute Gasteiger partial charge is 0.338 e. The van der Waals surface area contributed by atoms with Gasteiger partial charge in [0, 0.05) is 6.42 Å². The van der Waals surface area contributed by atoms with Crippen LogP contribution < -0.4 is 5.73 Å². The quantitative estimate of drug-likeness (QED) is 0.819. The van der Waals surface area contributed by atoms with Gasteiger partial charge in [-0.2, -0.15) is 4.98 Å². The van der Waals surface area contributed by atoms with E-state index in [0.29, 0.717) is 24.6 Å². The fourth-order valence-corrected chi connectivity index (χ4v) is 1.66. The number of nitrogens with two attached hydrogens (primary N) is 1. The molecule has 0 aliphatic rings. The van der Waals surface area contributed by atoms with Crippen molar-refractivity contribution in [2.45, 2.75) is 25.8 Å². The van der Waals surface area contributed by atoms with Crippen LogP contribution in [-0.2, 0) is 6.42 Å². The Bertz CT molecular complexity index is 516. The topological polar surface area (TPSA) is 64.9 Å². The lowest BCUT2D eigenvalue weighted by Gasteiger charge is -2.00. The molecule has 1 aromatic carbocycles. The Kier molecular flexibility index (Phi) is 3.89. The van der Waals surface area contributed by atoms with Gasteiger partial charge in [-0.15, -0.1) is 6.58 Å². The van der Waals surface area contributed by atoms with E-state index in [-0.39, 0.29) is 6.04 Å². The first-order chi connectivity index (χ1) is 8.69. The van der Waals surface area contributed by atoms with E-state index in [2.05, 4.69) is 47.9 Å². The Labute approximate surface area is 107 Å². The van der Waals surface area contributed by atoms with Gasteiger partial charge in [0.05, 0.1) is 6.04 Å². The molecule has 4 heteroatoms. The summed E-state index contributed by atoms with van der Waals surface area (Å²) in [5.74, 6) is 1.13. The first-order valence-electron chi connectivity index (χ1n) is 5.93. The molecule has 0 aliphatic carbocycles. The van der Waals surface area contributed by atoms with Crippen molar-refractivity contribution in [2.24, 2.45) is 5.73 Å². The van der Waals surface area contributed by atoms with Crippen molar-refractivity contribution in [3.63, 3.8) is 0 Å². The maximum Gasteiger partial charge on any atom is 0.243 e. The zero-order valence-electron chi connectivity index (χ0n) is 10.5. The van der Waals surface area contributed by atoms with Crippen LogP contribution in [0.4, 0.5) is 0 Å². The van der Waals surface area contributed by atoms with E-state index < -0.39 is 0 Å². The van der Waals surface area contributed by atoms with Crippen LogP contribution in [0.1, 0.15) is 35.3 Å². The van der Waals surface area contributed by atoms with E-state index in [0.717, 1.165) is 5.56 Å². The summed E-state index contributed by atoms with van der Waals surface area (Å²) >= 11 is 0. The maximum atomic E-state index is 5.86. The van der Waals surface area contributed by atoms with E-state index in [1.54, 1.807) is 6.08 Å². The third-order valence-electron chi connectivity index (χ3n) is 2.70. The number of rotatable bonds is 5. The van der Waals surface area contributed by atoms with E-state index in [1.807, 2.05) is 0 Å². The first-order valence-corrected chi connectivity index (χ1v) is 5.93. The summed E-state index contributed by atoms with van der Waals surface area (Å²) in [5.41, 5.74) is 8.26. The predicted octanol–water partition coefficient (Wildman–Crippen LogP) is 2.54. The number of aryl methyl sites for hydroxylation is 1. The van der Waals surface area contributed by atoms with Crippen molar-refractivity contribution in [3.8, 4) is 0 Å². The Morgan fingerprint density at radius 3 is 2.78 bits per heavy atom. The van der Waals surface area contributed by atoms with E-state index >= 15 is 0 Å². The fourth-order valence-electron chi connectivity index (χ4n) is 1.66. The van der Waals surface area contributed by atoms with E-state index in [4.69, 9.17) is 10.3 Å². The highest BCUT2D eigenvalue weighted by Gasteiger charge is 2.13. The Hall–Kier alpha value is -1.94. The zero-order chi connectivity index (χ0) is 13.0. The molecule has 1 aromatic heterocycles. The standard InChI is InChI=1S/C14H17N3O/c1-3-4-12(15)14-16-13(17-18-14)9-11-7-5-10(2)6-8-11/h3,5-8,12H,1,4,9,15H2,2H3. The smallest absolute Gasteiger partial charge is 0.243 e. The molecule has 1 unspecified atom stereocenters. The van der Waals surface area contributed by atoms with Gasteiger partial charge in [-0.25, -0.2) is 0 Å². The lowest BCUT2D eigenvalue weighted by Crippen LogP contribution is -2.09. The van der Waals surface area contributed by atoms with Gasteiger partial charge in [-0.05, 0) is 18.9 Å². The monoisotopic (exact) mass is 243 g/mol. The molecule has 0 saturated carbocycles. The van der Waals surface area contributed by atoms with Crippen LogP contribution in [0.25, 0.3) is 0 Å². The first kappa shape index (κ1) is 12.5. The van der Waals surface area contributed by atoms with E-state index in [1.165, 1.54) is 5.56 Å². The summed E-state index contributed by atoms with van der Waals surface area (Å²) in [7, 11) is 0. The molecule has 0 aliphatic heterocycles. The average Bonchev–Trinajstić information content (AvgIpc) is 2.81. The molecule has 0 bridgehead atoms. The van der Waals surface area contributed by atoms with Crippen molar-refractivity contribution >= 4 is 0 Å². The van der Waals surface area contributed by atoms with Gasteiger partial charge in [0.15, 0.2) is 5.82 Å². The van der Waals surface area contributed by atoms with Crippen LogP contribution in [-0.4, -0.2) is 10.1 Å². The molecular formula is C14H17N3O. The summed E-state index contributed by atoms with van der Waals surface area (Å²) < 4.78 is 5.14. The molecule has 0 spiro atoms. The number of hydrogen-bond acceptors (Lipinski definition) is 4. The van der Waals surface area contributed by atoms with Crippen molar-refractivity contribution in [3.05, 3.63) is 59.8 Å². The predicted molar refractivity (Wildman–Crippen MR) is 70.0 cm³/mol. The lowest BCUT2D eigenvalue weighted by molar-refractivity contribution is 0.352. The molecule has 18 heavy (non-hydrogen) atoms. The SMILES string of the molecule is C=CCC(N)c1nc(Cc2ccc(C)cc2)no1. The molecule has 2 N–H and O–H groups in total. The highest BCUT2D eigenvalue weighted by Crippen LogP contribution is 2.14. The molecule has 4 nitrogen and oxygen atoms in total. The molecule has 0 saturated heterocycles. The third-order valence-corrected chi connectivity index (χ3v) is 2.70. The second-order valence-electron chi connectivity index (χ2n) is 4.34. The van der Waals surface area contributed by atoms with Crippen LogP contribution in [0, 0.1) is 6.92 Å². The highest BCUT2D eigenvalue weighted by molar-refractivity contribution is 5.23. The molecule has 2 aromatic rings. The van der Waals surface area contributed by atoms with Crippen molar-refractivity contribution in [1.29, 1.82) is 0 Å². The Morgan fingerprint density at radius 2 is 2.11 bits per heavy atom. The minimum atomic E-state index is -0.262. The van der Waals surface area contributed by atoms with Gasteiger partial charge in [-0.3, -0.25) is 0 Å². The summed E-state index contributed by atoms with van der Waals surface area (Å²) in [4.78, 5) is 4.30. The second-order valence-corrected chi connectivity index (χ2v) is 4.34. The van der Waals surface area contributed by atoms with Gasteiger partial charge in [0.1, 0.15) is 0 Å². The van der Waals surface area contributed by atoms with Crippen molar-refractivity contribution in [1.82, 2.24) is 10.1 Å². The molecule has 0 radical (unpaired) electrons. The molecule has 1 atom stereocenters. The third kappa shape index (κ3) is 3.05. The van der Waals surface area contributed by atoms with Crippen molar-refractivity contribution < 1.29 is 4.52 Å². The van der Waals surface area contributed by atoms with Crippen LogP contribution in [0.2, 0.25) is 0 Å². The zero-order valence-corrected chi connectivity index (χ0v) is 10.5. The Balaban J connectivity index is 2.06. The minimum absolute atomic E-state index is 0.262. The van der Waals surface area contributed by atoms with Crippen LogP contribution in [0.15, 0.2) is 41.4 Å². The van der Waals surface area contributed by atoms with Crippen LogP contribution in [0.3, 0.4) is 0 Å². The van der Waals surface area contributed by atoms with E-state index in [9.17, 15) is 0 Å². The number of benzene rings is 1. The van der Waals surface area contributed by atoms with Crippen molar-refractivity contribution in [2.75, 3.05) is 0 Å². The molecule has 1 heterocycles. The van der Waals surface area contributed by atoms with Gasteiger partial charge in [-0.1, -0.05) is 41.1 Å². The number of nitrogens with zero attached hydrogens (tertiary/aromatic N) is 2. The van der Waals surface area contributed by atoms with Gasteiger partial charge in [0.2, 0.25) is 5.89 Å². The second kappa shape index (κ2) is 5.60. The highest BCUT2D eigenvalue weighted by atomic mass is 16.5. The lowest BCUT2D eigenvalue weighted by atomic mass is 10.1. The molecule has 0 fully saturated rings. The molecule has 94 valence electrons. The fraction of sp³-hybridized carbons (Fsp3) is 0.286. The number of aromatic nitrogens is 2. The molecular weight excluding hydrogens is 226 g/mol. The summed E-state index contributed by atoms with van der Waals surface area (Å²) in [6.07, 6.45) is 3.03. The summed E-state index contributed by atoms with van der Waals surface area (Å²) in [6, 6.07) is 8.01. The molecule has 2 rings (SSSR count). The average molecular weight is 243 g/mol. The Morgan fingerprint density at radius 1 is 1.39 bits per heavy atom. The summed E-state index contributed by atoms with van der Waals surface area (Å²) in [6.45, 7) is 5.70. The minimum Gasteiger partial charge on any atom is -0.338 e. The number of hydrogen-bond donors (Lipinski definition) is 1. The summed E-state index contributed by atoms with van der Waals surface area (Å²) in [5, 5.41) is 3.94. The van der Waals surface area contributed by atoms with Gasteiger partial charge >= 0.3 is 0 Å². The maximum absolute atomic E-state index is 5.86. The van der Waals surface area contributed by atoms with Crippen LogP contribution in [0.5, 0.6) is 0 Å².